The Morgan fingerprint density at radius 1 is 0.917 bits per heavy atom. The Balaban J connectivity index is 0. The third-order valence-electron chi connectivity index (χ3n) is 4.43. The van der Waals surface area contributed by atoms with Crippen LogP contribution >= 0.6 is 0 Å². The zero-order valence-electron chi connectivity index (χ0n) is 17.5. The fourth-order valence-electron chi connectivity index (χ4n) is 2.07. The largest absolute Gasteiger partial charge is 0.396 e. The second kappa shape index (κ2) is 20.9. The molecule has 0 aliphatic heterocycles. The molecule has 2 atom stereocenters. The van der Waals surface area contributed by atoms with Crippen molar-refractivity contribution in [2.24, 2.45) is 11.8 Å². The summed E-state index contributed by atoms with van der Waals surface area (Å²) in [6.07, 6.45) is 10.8. The Hall–Kier alpha value is -0.120. The van der Waals surface area contributed by atoms with E-state index in [0.717, 1.165) is 38.6 Å². The smallest absolute Gasteiger partial charge is 0.0575 e. The van der Waals surface area contributed by atoms with Crippen molar-refractivity contribution < 1.29 is 14.6 Å². The van der Waals surface area contributed by atoms with Gasteiger partial charge in [-0.2, -0.15) is 0 Å². The van der Waals surface area contributed by atoms with E-state index in [4.69, 9.17) is 14.6 Å². The Kier molecular flexibility index (Phi) is 22.8. The van der Waals surface area contributed by atoms with Gasteiger partial charge in [0.2, 0.25) is 0 Å². The summed E-state index contributed by atoms with van der Waals surface area (Å²) >= 11 is 0. The molecular weight excluding hydrogens is 300 g/mol. The highest BCUT2D eigenvalue weighted by molar-refractivity contribution is 4.65. The molecule has 2 unspecified atom stereocenters. The molecule has 1 saturated carbocycles. The molecule has 1 fully saturated rings. The van der Waals surface area contributed by atoms with Gasteiger partial charge in [-0.3, -0.25) is 0 Å². The molecule has 0 radical (unpaired) electrons. The molecule has 1 aliphatic carbocycles. The molecule has 3 nitrogen and oxygen atoms in total. The van der Waals surface area contributed by atoms with Crippen molar-refractivity contribution in [1.82, 2.24) is 0 Å². The summed E-state index contributed by atoms with van der Waals surface area (Å²) in [6, 6.07) is 0. The minimum atomic E-state index is 0.330. The van der Waals surface area contributed by atoms with E-state index in [9.17, 15) is 0 Å². The van der Waals surface area contributed by atoms with E-state index in [-0.39, 0.29) is 0 Å². The van der Waals surface area contributed by atoms with Crippen LogP contribution in [0.25, 0.3) is 0 Å². The summed E-state index contributed by atoms with van der Waals surface area (Å²) in [5.74, 6) is 1.23. The lowest BCUT2D eigenvalue weighted by atomic mass is 9.97. The monoisotopic (exact) mass is 346 g/mol. The number of aliphatic hydroxyl groups is 1. The molecule has 1 N–H and O–H groups in total. The van der Waals surface area contributed by atoms with E-state index in [1.54, 1.807) is 0 Å². The summed E-state index contributed by atoms with van der Waals surface area (Å²) in [6.45, 7) is 15.8. The van der Waals surface area contributed by atoms with Crippen LogP contribution in [0.3, 0.4) is 0 Å². The van der Waals surface area contributed by atoms with Crippen LogP contribution in [0.4, 0.5) is 0 Å². The number of ether oxygens (including phenoxy) is 2. The minimum absolute atomic E-state index is 0.330. The van der Waals surface area contributed by atoms with Crippen molar-refractivity contribution >= 4 is 0 Å². The van der Waals surface area contributed by atoms with Crippen LogP contribution in [-0.4, -0.2) is 37.6 Å². The van der Waals surface area contributed by atoms with Crippen molar-refractivity contribution in [2.45, 2.75) is 99.0 Å². The first-order chi connectivity index (χ1) is 11.5. The molecule has 0 bridgehead atoms. The maximum absolute atomic E-state index is 8.33. The van der Waals surface area contributed by atoms with Gasteiger partial charge >= 0.3 is 0 Å². The topological polar surface area (TPSA) is 38.7 Å². The van der Waals surface area contributed by atoms with Gasteiger partial charge in [-0.05, 0) is 38.0 Å². The normalized spacial score (nSPS) is 17.1. The fourth-order valence-corrected chi connectivity index (χ4v) is 2.07. The highest BCUT2D eigenvalue weighted by Crippen LogP contribution is 2.21. The molecule has 1 rings (SSSR count). The molecule has 0 amide bonds. The third-order valence-corrected chi connectivity index (χ3v) is 4.43. The number of aliphatic hydroxyl groups excluding tert-OH is 1. The molecule has 0 aromatic heterocycles. The predicted molar refractivity (Wildman–Crippen MR) is 106 cm³/mol. The molecule has 0 spiro atoms. The van der Waals surface area contributed by atoms with Gasteiger partial charge in [-0.25, -0.2) is 0 Å². The van der Waals surface area contributed by atoms with Gasteiger partial charge < -0.3 is 14.6 Å². The maximum atomic E-state index is 8.33. The molecule has 0 aromatic carbocycles. The first-order valence-corrected chi connectivity index (χ1v) is 10.4. The van der Waals surface area contributed by atoms with Crippen molar-refractivity contribution in [3.63, 3.8) is 0 Å². The van der Waals surface area contributed by atoms with Crippen LogP contribution < -0.4 is 0 Å². The Labute approximate surface area is 152 Å². The number of hydrogen-bond donors (Lipinski definition) is 1. The van der Waals surface area contributed by atoms with Crippen molar-refractivity contribution in [3.05, 3.63) is 0 Å². The molecule has 1 aliphatic rings. The second-order valence-corrected chi connectivity index (χ2v) is 7.00. The SMILES string of the molecule is CCC(C)CO.CCC(C)COC1CCCCC1.CCCOCC. The number of hydrogen-bond acceptors (Lipinski definition) is 3. The predicted octanol–water partition coefficient (Wildman–Crippen LogP) is 5.84. The second-order valence-electron chi connectivity index (χ2n) is 7.00. The molecule has 0 aromatic rings. The van der Waals surface area contributed by atoms with Gasteiger partial charge in [0.1, 0.15) is 0 Å². The van der Waals surface area contributed by atoms with Gasteiger partial charge in [0.05, 0.1) is 6.10 Å². The summed E-state index contributed by atoms with van der Waals surface area (Å²) in [7, 11) is 0. The van der Waals surface area contributed by atoms with Crippen LogP contribution in [-0.2, 0) is 9.47 Å². The van der Waals surface area contributed by atoms with Crippen LogP contribution in [0.15, 0.2) is 0 Å². The van der Waals surface area contributed by atoms with Crippen LogP contribution in [0, 0.1) is 11.8 Å². The van der Waals surface area contributed by atoms with E-state index in [2.05, 4.69) is 27.7 Å². The van der Waals surface area contributed by atoms with Gasteiger partial charge in [0.15, 0.2) is 0 Å². The van der Waals surface area contributed by atoms with Crippen molar-refractivity contribution in [2.75, 3.05) is 26.4 Å². The highest BCUT2D eigenvalue weighted by atomic mass is 16.5. The fraction of sp³-hybridized carbons (Fsp3) is 1.00. The Morgan fingerprint density at radius 3 is 1.83 bits per heavy atom. The lowest BCUT2D eigenvalue weighted by Crippen LogP contribution is -2.19. The summed E-state index contributed by atoms with van der Waals surface area (Å²) in [4.78, 5) is 0. The first kappa shape index (κ1) is 26.1. The van der Waals surface area contributed by atoms with Crippen LogP contribution in [0.2, 0.25) is 0 Å². The zero-order chi connectivity index (χ0) is 18.6. The van der Waals surface area contributed by atoms with Gasteiger partial charge in [0, 0.05) is 26.4 Å². The van der Waals surface area contributed by atoms with E-state index in [1.807, 2.05) is 13.8 Å². The van der Waals surface area contributed by atoms with E-state index in [0.29, 0.717) is 18.6 Å². The number of rotatable bonds is 9. The molecule has 24 heavy (non-hydrogen) atoms. The van der Waals surface area contributed by atoms with Gasteiger partial charge in [-0.1, -0.05) is 66.7 Å². The van der Waals surface area contributed by atoms with E-state index < -0.39 is 0 Å². The summed E-state index contributed by atoms with van der Waals surface area (Å²) in [5, 5.41) is 8.33. The van der Waals surface area contributed by atoms with E-state index in [1.165, 1.54) is 38.5 Å². The van der Waals surface area contributed by atoms with Gasteiger partial charge in [0.25, 0.3) is 0 Å². The molecule has 0 heterocycles. The quantitative estimate of drug-likeness (QED) is 0.533. The van der Waals surface area contributed by atoms with Crippen molar-refractivity contribution in [1.29, 1.82) is 0 Å². The highest BCUT2D eigenvalue weighted by Gasteiger charge is 2.14. The zero-order valence-corrected chi connectivity index (χ0v) is 17.5. The lowest BCUT2D eigenvalue weighted by Gasteiger charge is -2.23. The minimum Gasteiger partial charge on any atom is -0.396 e. The lowest BCUT2D eigenvalue weighted by molar-refractivity contribution is 0.0103. The first-order valence-electron chi connectivity index (χ1n) is 10.4. The summed E-state index contributed by atoms with van der Waals surface area (Å²) < 4.78 is 10.8. The Morgan fingerprint density at radius 2 is 1.50 bits per heavy atom. The standard InChI is InChI=1S/C11H22O.2C5H12O/c1-3-10(2)9-12-11-7-5-4-6-8-11;1-3-5(2)4-6;1-3-5-6-4-2/h10-11H,3-9H2,1-2H3;5-6H,3-4H2,1-2H3;3-5H2,1-2H3. The molecule has 3 heteroatoms. The maximum Gasteiger partial charge on any atom is 0.0575 e. The molecular formula is C21H46O3. The molecule has 0 saturated heterocycles. The van der Waals surface area contributed by atoms with Crippen molar-refractivity contribution in [3.8, 4) is 0 Å². The third kappa shape index (κ3) is 19.9. The Bertz CT molecular complexity index is 207. The van der Waals surface area contributed by atoms with Crippen LogP contribution in [0.5, 0.6) is 0 Å². The van der Waals surface area contributed by atoms with E-state index >= 15 is 0 Å². The average Bonchev–Trinajstić information content (AvgIpc) is 2.65. The van der Waals surface area contributed by atoms with Crippen LogP contribution in [0.1, 0.15) is 92.9 Å². The molecule has 148 valence electrons. The summed E-state index contributed by atoms with van der Waals surface area (Å²) in [5.41, 5.74) is 0. The average molecular weight is 347 g/mol. The van der Waals surface area contributed by atoms with Gasteiger partial charge in [-0.15, -0.1) is 0 Å².